The van der Waals surface area contributed by atoms with Gasteiger partial charge in [0.1, 0.15) is 11.5 Å². The second-order valence-corrected chi connectivity index (χ2v) is 5.86. The van der Waals surface area contributed by atoms with E-state index in [4.69, 9.17) is 4.74 Å². The average molecular weight is 303 g/mol. The van der Waals surface area contributed by atoms with Crippen molar-refractivity contribution in [3.05, 3.63) is 48.5 Å². The lowest BCUT2D eigenvalue weighted by Gasteiger charge is -2.13. The Morgan fingerprint density at radius 3 is 2.48 bits per heavy atom. The van der Waals surface area contributed by atoms with Crippen molar-refractivity contribution < 1.29 is 14.6 Å². The van der Waals surface area contributed by atoms with Crippen molar-refractivity contribution in [1.29, 1.82) is 0 Å². The lowest BCUT2D eigenvalue weighted by Crippen LogP contribution is -2.22. The molecule has 0 aliphatic heterocycles. The minimum absolute atomic E-state index is 0.0625. The molecule has 0 saturated heterocycles. The fourth-order valence-electron chi connectivity index (χ4n) is 1.73. The van der Waals surface area contributed by atoms with Crippen LogP contribution >= 0.6 is 11.8 Å². The molecule has 5 heteroatoms. The van der Waals surface area contributed by atoms with Crippen LogP contribution in [0.4, 0.5) is 5.69 Å². The van der Waals surface area contributed by atoms with Crippen molar-refractivity contribution in [3.8, 4) is 11.5 Å². The van der Waals surface area contributed by atoms with Crippen LogP contribution in [0.5, 0.6) is 11.5 Å². The van der Waals surface area contributed by atoms with Gasteiger partial charge in [0.15, 0.2) is 0 Å². The molecule has 0 saturated carbocycles. The number of para-hydroxylation sites is 2. The Kier molecular flexibility index (Phi) is 5.11. The van der Waals surface area contributed by atoms with Gasteiger partial charge in [0.05, 0.1) is 18.0 Å². The Balaban J connectivity index is 1.97. The molecular weight excluding hydrogens is 286 g/mol. The molecule has 0 bridgehead atoms. The van der Waals surface area contributed by atoms with Gasteiger partial charge < -0.3 is 15.2 Å². The lowest BCUT2D eigenvalue weighted by atomic mass is 10.3. The molecule has 1 atom stereocenters. The summed E-state index contributed by atoms with van der Waals surface area (Å²) in [5.74, 6) is 0.690. The summed E-state index contributed by atoms with van der Waals surface area (Å²) in [6.45, 7) is 1.82. The molecule has 0 spiro atoms. The molecule has 0 heterocycles. The van der Waals surface area contributed by atoms with E-state index in [1.165, 1.54) is 17.8 Å². The molecule has 0 aromatic heterocycles. The Morgan fingerprint density at radius 2 is 1.86 bits per heavy atom. The quantitative estimate of drug-likeness (QED) is 0.655. The predicted molar refractivity (Wildman–Crippen MR) is 85.0 cm³/mol. The maximum absolute atomic E-state index is 12.1. The first kappa shape index (κ1) is 15.3. The van der Waals surface area contributed by atoms with Crippen LogP contribution in [0.2, 0.25) is 0 Å². The van der Waals surface area contributed by atoms with Crippen LogP contribution < -0.4 is 10.1 Å². The minimum Gasteiger partial charge on any atom is -0.506 e. The molecular formula is C16H17NO3S. The van der Waals surface area contributed by atoms with Gasteiger partial charge in [0.25, 0.3) is 0 Å². The number of carbonyl (C=O) groups is 1. The summed E-state index contributed by atoms with van der Waals surface area (Å²) in [6.07, 6.45) is 0. The number of benzene rings is 2. The predicted octanol–water partition coefficient (Wildman–Crippen LogP) is 3.52. The SMILES string of the molecule is COc1ccc(SC(C)C(=O)Nc2ccccc2O)cc1. The van der Waals surface area contributed by atoms with Crippen LogP contribution in [0.25, 0.3) is 0 Å². The van der Waals surface area contributed by atoms with Crippen molar-refractivity contribution in [1.82, 2.24) is 0 Å². The summed E-state index contributed by atoms with van der Waals surface area (Å²) in [6, 6.07) is 14.2. The fraction of sp³-hybridized carbons (Fsp3) is 0.188. The highest BCUT2D eigenvalue weighted by atomic mass is 32.2. The number of carbonyl (C=O) groups excluding carboxylic acids is 1. The van der Waals surface area contributed by atoms with Crippen molar-refractivity contribution in [3.63, 3.8) is 0 Å². The number of nitrogens with one attached hydrogen (secondary N) is 1. The molecule has 110 valence electrons. The molecule has 2 aromatic rings. The molecule has 1 unspecified atom stereocenters. The number of phenolic OH excluding ortho intramolecular Hbond substituents is 1. The zero-order valence-corrected chi connectivity index (χ0v) is 12.7. The van der Waals surface area contributed by atoms with Gasteiger partial charge in [-0.1, -0.05) is 12.1 Å². The fourth-order valence-corrected chi connectivity index (χ4v) is 2.59. The van der Waals surface area contributed by atoms with Gasteiger partial charge in [-0.15, -0.1) is 11.8 Å². The molecule has 2 aromatic carbocycles. The monoisotopic (exact) mass is 303 g/mol. The number of anilines is 1. The largest absolute Gasteiger partial charge is 0.506 e. The highest BCUT2D eigenvalue weighted by Gasteiger charge is 2.15. The van der Waals surface area contributed by atoms with Crippen molar-refractivity contribution in [2.24, 2.45) is 0 Å². The molecule has 4 nitrogen and oxygen atoms in total. The van der Waals surface area contributed by atoms with Crippen LogP contribution in [0.1, 0.15) is 6.92 Å². The van der Waals surface area contributed by atoms with Crippen molar-refractivity contribution >= 4 is 23.4 Å². The molecule has 0 fully saturated rings. The van der Waals surface area contributed by atoms with Crippen LogP contribution in [-0.4, -0.2) is 23.4 Å². The zero-order valence-electron chi connectivity index (χ0n) is 11.9. The third kappa shape index (κ3) is 4.16. The van der Waals surface area contributed by atoms with E-state index in [2.05, 4.69) is 5.32 Å². The molecule has 2 N–H and O–H groups in total. The molecule has 0 radical (unpaired) electrons. The molecule has 0 aliphatic carbocycles. The third-order valence-electron chi connectivity index (χ3n) is 2.90. The van der Waals surface area contributed by atoms with Crippen LogP contribution in [0, 0.1) is 0 Å². The number of phenols is 1. The lowest BCUT2D eigenvalue weighted by molar-refractivity contribution is -0.115. The van der Waals surface area contributed by atoms with Gasteiger partial charge in [0.2, 0.25) is 5.91 Å². The first-order valence-corrected chi connectivity index (χ1v) is 7.37. The summed E-state index contributed by atoms with van der Waals surface area (Å²) >= 11 is 1.45. The summed E-state index contributed by atoms with van der Waals surface area (Å²) in [4.78, 5) is 13.1. The van der Waals surface area contributed by atoms with E-state index < -0.39 is 0 Å². The number of hydrogen-bond donors (Lipinski definition) is 2. The van der Waals surface area contributed by atoms with Crippen molar-refractivity contribution in [2.45, 2.75) is 17.1 Å². The number of methoxy groups -OCH3 is 1. The normalized spacial score (nSPS) is 11.7. The first-order chi connectivity index (χ1) is 10.1. The van der Waals surface area contributed by atoms with Crippen LogP contribution in [-0.2, 0) is 4.79 Å². The first-order valence-electron chi connectivity index (χ1n) is 6.49. The van der Waals surface area contributed by atoms with Crippen LogP contribution in [0.15, 0.2) is 53.4 Å². The second-order valence-electron chi connectivity index (χ2n) is 4.44. The van der Waals surface area contributed by atoms with E-state index in [0.29, 0.717) is 5.69 Å². The Hall–Kier alpha value is -2.14. The molecule has 21 heavy (non-hydrogen) atoms. The van der Waals surface area contributed by atoms with Gasteiger partial charge >= 0.3 is 0 Å². The van der Waals surface area contributed by atoms with Gasteiger partial charge in [-0.05, 0) is 43.3 Å². The molecule has 2 rings (SSSR count). The van der Waals surface area contributed by atoms with Gasteiger partial charge in [-0.2, -0.15) is 0 Å². The van der Waals surface area contributed by atoms with Crippen molar-refractivity contribution in [2.75, 3.05) is 12.4 Å². The zero-order chi connectivity index (χ0) is 15.2. The average Bonchev–Trinajstić information content (AvgIpc) is 2.50. The Labute approximate surface area is 128 Å². The maximum Gasteiger partial charge on any atom is 0.237 e. The number of hydrogen-bond acceptors (Lipinski definition) is 4. The van der Waals surface area contributed by atoms with E-state index in [1.807, 2.05) is 31.2 Å². The summed E-state index contributed by atoms with van der Waals surface area (Å²) in [5.41, 5.74) is 0.421. The highest BCUT2D eigenvalue weighted by molar-refractivity contribution is 8.00. The molecule has 1 amide bonds. The number of aromatic hydroxyl groups is 1. The van der Waals surface area contributed by atoms with Gasteiger partial charge in [-0.3, -0.25) is 4.79 Å². The van der Waals surface area contributed by atoms with Gasteiger partial charge in [-0.25, -0.2) is 0 Å². The van der Waals surface area contributed by atoms with E-state index >= 15 is 0 Å². The maximum atomic E-state index is 12.1. The van der Waals surface area contributed by atoms with Gasteiger partial charge in [0, 0.05) is 4.90 Å². The summed E-state index contributed by atoms with van der Waals surface area (Å²) in [5, 5.41) is 12.1. The highest BCUT2D eigenvalue weighted by Crippen LogP contribution is 2.27. The second kappa shape index (κ2) is 7.04. The summed E-state index contributed by atoms with van der Waals surface area (Å²) in [7, 11) is 1.62. The topological polar surface area (TPSA) is 58.6 Å². The van der Waals surface area contributed by atoms with Crippen LogP contribution in [0.3, 0.4) is 0 Å². The number of amides is 1. The Bertz CT molecular complexity index is 613. The number of rotatable bonds is 5. The Morgan fingerprint density at radius 1 is 1.19 bits per heavy atom. The van der Waals surface area contributed by atoms with E-state index in [0.717, 1.165) is 10.6 Å². The smallest absolute Gasteiger partial charge is 0.237 e. The van der Waals surface area contributed by atoms with E-state index in [9.17, 15) is 9.90 Å². The van der Waals surface area contributed by atoms with E-state index in [-0.39, 0.29) is 16.9 Å². The van der Waals surface area contributed by atoms with E-state index in [1.54, 1.807) is 25.3 Å². The minimum atomic E-state index is -0.280. The third-order valence-corrected chi connectivity index (χ3v) is 4.02. The standard InChI is InChI=1S/C16H17NO3S/c1-11(21-13-9-7-12(20-2)8-10-13)16(19)17-14-5-3-4-6-15(14)18/h3-11,18H,1-2H3,(H,17,19). The number of thioether (sulfide) groups is 1. The molecule has 0 aliphatic rings. The summed E-state index contributed by atoms with van der Waals surface area (Å²) < 4.78 is 5.10. The number of ether oxygens (including phenoxy) is 1.